The molecule has 1 aromatic rings. The average molecular weight is 257 g/mol. The standard InChI is InChI=1S/C11H19N3S2/c1-11(2,3)14-9(12-13-10(14)15)8-6-4-5-7-16-8/h8H,4-7H2,1-3H3,(H,13,15). The summed E-state index contributed by atoms with van der Waals surface area (Å²) in [5.41, 5.74) is 0.0113. The summed E-state index contributed by atoms with van der Waals surface area (Å²) < 4.78 is 2.92. The van der Waals surface area contributed by atoms with E-state index in [9.17, 15) is 0 Å². The summed E-state index contributed by atoms with van der Waals surface area (Å²) in [6, 6.07) is 0. The summed E-state index contributed by atoms with van der Waals surface area (Å²) in [5.74, 6) is 2.37. The molecule has 1 aliphatic heterocycles. The fourth-order valence-electron chi connectivity index (χ4n) is 2.12. The first-order valence-electron chi connectivity index (χ1n) is 5.79. The first-order valence-corrected chi connectivity index (χ1v) is 7.25. The van der Waals surface area contributed by atoms with Crippen molar-refractivity contribution >= 4 is 24.0 Å². The fourth-order valence-corrected chi connectivity index (χ4v) is 3.83. The molecular formula is C11H19N3S2. The second-order valence-corrected chi connectivity index (χ2v) is 6.95. The molecule has 90 valence electrons. The maximum Gasteiger partial charge on any atom is 0.195 e. The molecule has 1 atom stereocenters. The molecule has 1 aliphatic rings. The van der Waals surface area contributed by atoms with Crippen molar-refractivity contribution < 1.29 is 0 Å². The van der Waals surface area contributed by atoms with E-state index < -0.39 is 0 Å². The van der Waals surface area contributed by atoms with Gasteiger partial charge in [-0.15, -0.1) is 0 Å². The van der Waals surface area contributed by atoms with Crippen LogP contribution in [0.2, 0.25) is 0 Å². The predicted molar refractivity (Wildman–Crippen MR) is 71.5 cm³/mol. The van der Waals surface area contributed by atoms with E-state index in [0.717, 1.165) is 10.6 Å². The minimum Gasteiger partial charge on any atom is -0.298 e. The van der Waals surface area contributed by atoms with E-state index in [1.165, 1.54) is 25.0 Å². The van der Waals surface area contributed by atoms with Gasteiger partial charge < -0.3 is 0 Å². The summed E-state index contributed by atoms with van der Waals surface area (Å²) in [7, 11) is 0. The van der Waals surface area contributed by atoms with Gasteiger partial charge in [0.15, 0.2) is 4.77 Å². The quantitative estimate of drug-likeness (QED) is 0.780. The minimum absolute atomic E-state index is 0.0113. The van der Waals surface area contributed by atoms with Crippen molar-refractivity contribution in [3.8, 4) is 0 Å². The molecule has 5 heteroatoms. The van der Waals surface area contributed by atoms with Gasteiger partial charge in [0, 0.05) is 5.54 Å². The molecule has 0 aliphatic carbocycles. The van der Waals surface area contributed by atoms with E-state index in [4.69, 9.17) is 12.2 Å². The third-order valence-corrected chi connectivity index (χ3v) is 4.48. The molecule has 1 fully saturated rings. The maximum atomic E-state index is 5.33. The normalized spacial score (nSPS) is 22.3. The van der Waals surface area contributed by atoms with E-state index in [-0.39, 0.29) is 5.54 Å². The Morgan fingerprint density at radius 3 is 2.75 bits per heavy atom. The number of hydrogen-bond acceptors (Lipinski definition) is 3. The molecule has 0 aromatic carbocycles. The van der Waals surface area contributed by atoms with Crippen LogP contribution in [0.25, 0.3) is 0 Å². The third-order valence-electron chi connectivity index (χ3n) is 2.84. The summed E-state index contributed by atoms with van der Waals surface area (Å²) in [6.07, 6.45) is 3.86. The van der Waals surface area contributed by atoms with Gasteiger partial charge in [0.05, 0.1) is 5.25 Å². The number of aromatic amines is 1. The van der Waals surface area contributed by atoms with Crippen LogP contribution in [0.5, 0.6) is 0 Å². The van der Waals surface area contributed by atoms with E-state index in [2.05, 4.69) is 35.5 Å². The van der Waals surface area contributed by atoms with Gasteiger partial charge in [-0.3, -0.25) is 9.67 Å². The monoisotopic (exact) mass is 257 g/mol. The Hall–Kier alpha value is -0.290. The van der Waals surface area contributed by atoms with E-state index >= 15 is 0 Å². The topological polar surface area (TPSA) is 33.6 Å². The first kappa shape index (κ1) is 12.2. The molecule has 1 unspecified atom stereocenters. The SMILES string of the molecule is CC(C)(C)n1c(C2CCCCS2)n[nH]c1=S. The highest BCUT2D eigenvalue weighted by atomic mass is 32.2. The Morgan fingerprint density at radius 2 is 2.19 bits per heavy atom. The van der Waals surface area contributed by atoms with Crippen molar-refractivity contribution in [3.63, 3.8) is 0 Å². The second-order valence-electron chi connectivity index (χ2n) is 5.25. The van der Waals surface area contributed by atoms with E-state index in [1.54, 1.807) is 0 Å². The number of nitrogens with one attached hydrogen (secondary N) is 1. The Labute approximate surface area is 106 Å². The molecule has 1 N–H and O–H groups in total. The van der Waals surface area contributed by atoms with Gasteiger partial charge in [-0.25, -0.2) is 0 Å². The number of hydrogen-bond donors (Lipinski definition) is 1. The molecule has 2 heterocycles. The Balaban J connectivity index is 2.37. The zero-order valence-electron chi connectivity index (χ0n) is 10.1. The minimum atomic E-state index is 0.0113. The van der Waals surface area contributed by atoms with E-state index in [0.29, 0.717) is 5.25 Å². The third kappa shape index (κ3) is 2.35. The first-order chi connectivity index (χ1) is 7.50. The number of thioether (sulfide) groups is 1. The van der Waals surface area contributed by atoms with Crippen LogP contribution < -0.4 is 0 Å². The predicted octanol–water partition coefficient (Wildman–Crippen LogP) is 3.65. The van der Waals surface area contributed by atoms with Crippen molar-refractivity contribution in [1.29, 1.82) is 0 Å². The van der Waals surface area contributed by atoms with Crippen LogP contribution in [0.15, 0.2) is 0 Å². The molecule has 0 radical (unpaired) electrons. The molecule has 16 heavy (non-hydrogen) atoms. The summed E-state index contributed by atoms with van der Waals surface area (Å²) >= 11 is 7.34. The largest absolute Gasteiger partial charge is 0.298 e. The number of nitrogens with zero attached hydrogens (tertiary/aromatic N) is 2. The lowest BCUT2D eigenvalue weighted by molar-refractivity contribution is 0.374. The Bertz CT molecular complexity index is 408. The van der Waals surface area contributed by atoms with Crippen LogP contribution in [0.4, 0.5) is 0 Å². The van der Waals surface area contributed by atoms with Crippen LogP contribution in [0, 0.1) is 4.77 Å². The smallest absolute Gasteiger partial charge is 0.195 e. The lowest BCUT2D eigenvalue weighted by Crippen LogP contribution is -2.25. The van der Waals surface area contributed by atoms with Crippen LogP contribution in [0.1, 0.15) is 51.1 Å². The highest BCUT2D eigenvalue weighted by molar-refractivity contribution is 7.99. The second kappa shape index (κ2) is 4.53. The molecular weight excluding hydrogens is 238 g/mol. The fraction of sp³-hybridized carbons (Fsp3) is 0.818. The van der Waals surface area contributed by atoms with Gasteiger partial charge in [-0.1, -0.05) is 6.42 Å². The summed E-state index contributed by atoms with van der Waals surface area (Å²) in [4.78, 5) is 0. The average Bonchev–Trinajstić information content (AvgIpc) is 2.61. The van der Waals surface area contributed by atoms with Crippen molar-refractivity contribution in [3.05, 3.63) is 10.6 Å². The lowest BCUT2D eigenvalue weighted by atomic mass is 10.1. The molecule has 0 saturated carbocycles. The molecule has 0 amide bonds. The van der Waals surface area contributed by atoms with Crippen molar-refractivity contribution in [2.24, 2.45) is 0 Å². The molecule has 0 bridgehead atoms. The van der Waals surface area contributed by atoms with Gasteiger partial charge in [0.25, 0.3) is 0 Å². The highest BCUT2D eigenvalue weighted by Crippen LogP contribution is 2.38. The van der Waals surface area contributed by atoms with Gasteiger partial charge in [-0.05, 0) is 51.6 Å². The number of H-pyrrole nitrogens is 1. The van der Waals surface area contributed by atoms with Crippen molar-refractivity contribution in [1.82, 2.24) is 14.8 Å². The Morgan fingerprint density at radius 1 is 1.44 bits per heavy atom. The van der Waals surface area contributed by atoms with Crippen molar-refractivity contribution in [2.75, 3.05) is 5.75 Å². The molecule has 3 nitrogen and oxygen atoms in total. The Kier molecular flexibility index (Phi) is 3.45. The number of rotatable bonds is 1. The lowest BCUT2D eigenvalue weighted by Gasteiger charge is -2.27. The van der Waals surface area contributed by atoms with Gasteiger partial charge in [0.1, 0.15) is 5.82 Å². The van der Waals surface area contributed by atoms with Gasteiger partial charge >= 0.3 is 0 Å². The van der Waals surface area contributed by atoms with Gasteiger partial charge in [-0.2, -0.15) is 16.9 Å². The highest BCUT2D eigenvalue weighted by Gasteiger charge is 2.26. The molecule has 0 spiro atoms. The molecule has 2 rings (SSSR count). The van der Waals surface area contributed by atoms with Crippen LogP contribution in [-0.2, 0) is 5.54 Å². The summed E-state index contributed by atoms with van der Waals surface area (Å²) in [5, 5.41) is 7.89. The van der Waals surface area contributed by atoms with Crippen LogP contribution >= 0.6 is 24.0 Å². The summed E-state index contributed by atoms with van der Waals surface area (Å²) in [6.45, 7) is 6.53. The van der Waals surface area contributed by atoms with Gasteiger partial charge in [0.2, 0.25) is 0 Å². The van der Waals surface area contributed by atoms with Crippen LogP contribution in [-0.4, -0.2) is 20.5 Å². The zero-order valence-corrected chi connectivity index (χ0v) is 11.7. The zero-order chi connectivity index (χ0) is 11.8. The molecule has 1 saturated heterocycles. The maximum absolute atomic E-state index is 5.33. The number of aromatic nitrogens is 3. The van der Waals surface area contributed by atoms with Crippen molar-refractivity contribution in [2.45, 2.75) is 50.8 Å². The molecule has 1 aromatic heterocycles. The van der Waals surface area contributed by atoms with E-state index in [1.807, 2.05) is 11.8 Å². The van der Waals surface area contributed by atoms with Crippen LogP contribution in [0.3, 0.4) is 0 Å².